The van der Waals surface area contributed by atoms with Crippen molar-refractivity contribution in [3.63, 3.8) is 0 Å². The molecule has 3 aromatic carbocycles. The predicted molar refractivity (Wildman–Crippen MR) is 106 cm³/mol. The molecule has 0 aromatic heterocycles. The summed E-state index contributed by atoms with van der Waals surface area (Å²) < 4.78 is 5.33. The second-order valence-corrected chi connectivity index (χ2v) is 5.68. The average Bonchev–Trinajstić information content (AvgIpc) is 2.69. The maximum atomic E-state index is 11.9. The zero-order valence-corrected chi connectivity index (χ0v) is 14.8. The third kappa shape index (κ3) is 4.70. The number of anilines is 1. The lowest BCUT2D eigenvalue weighted by Gasteiger charge is -2.06. The first-order chi connectivity index (χ1) is 13.2. The van der Waals surface area contributed by atoms with E-state index in [1.54, 1.807) is 24.3 Å². The summed E-state index contributed by atoms with van der Waals surface area (Å²) in [5.74, 6) is -0.950. The lowest BCUT2D eigenvalue weighted by Crippen LogP contribution is -2.32. The van der Waals surface area contributed by atoms with Crippen LogP contribution < -0.4 is 15.5 Å². The van der Waals surface area contributed by atoms with E-state index in [4.69, 9.17) is 4.74 Å². The minimum absolute atomic E-state index is 0.497. The van der Waals surface area contributed by atoms with Crippen LogP contribution >= 0.6 is 0 Å². The Morgan fingerprint density at radius 1 is 0.963 bits per heavy atom. The first-order valence-corrected chi connectivity index (χ1v) is 8.52. The van der Waals surface area contributed by atoms with Gasteiger partial charge in [0.15, 0.2) is 0 Å². The van der Waals surface area contributed by atoms with Crippen molar-refractivity contribution >= 4 is 34.5 Å². The van der Waals surface area contributed by atoms with Gasteiger partial charge in [-0.2, -0.15) is 5.10 Å². The third-order valence-corrected chi connectivity index (χ3v) is 3.82. The predicted octanol–water partition coefficient (Wildman–Crippen LogP) is 3.33. The van der Waals surface area contributed by atoms with Crippen molar-refractivity contribution in [1.29, 1.82) is 0 Å². The summed E-state index contributed by atoms with van der Waals surface area (Å²) in [6, 6.07) is 20.4. The zero-order valence-electron chi connectivity index (χ0n) is 14.8. The number of benzene rings is 3. The van der Waals surface area contributed by atoms with Gasteiger partial charge >= 0.3 is 11.8 Å². The molecule has 0 aliphatic rings. The Bertz CT molecular complexity index is 976. The van der Waals surface area contributed by atoms with Crippen LogP contribution in [0, 0.1) is 0 Å². The highest BCUT2D eigenvalue weighted by Crippen LogP contribution is 2.17. The number of hydrazone groups is 1. The molecule has 0 saturated heterocycles. The highest BCUT2D eigenvalue weighted by Gasteiger charge is 2.12. The maximum absolute atomic E-state index is 11.9. The summed E-state index contributed by atoms with van der Waals surface area (Å²) in [6.07, 6.45) is 1.52. The second-order valence-electron chi connectivity index (χ2n) is 5.68. The largest absolute Gasteiger partial charge is 0.494 e. The van der Waals surface area contributed by atoms with Gasteiger partial charge in [-0.25, -0.2) is 5.43 Å². The molecule has 0 atom stereocenters. The zero-order chi connectivity index (χ0) is 19.1. The van der Waals surface area contributed by atoms with Crippen LogP contribution in [0.5, 0.6) is 5.75 Å². The van der Waals surface area contributed by atoms with E-state index in [2.05, 4.69) is 15.8 Å². The molecule has 3 rings (SSSR count). The lowest BCUT2D eigenvalue weighted by molar-refractivity contribution is -0.136. The van der Waals surface area contributed by atoms with E-state index < -0.39 is 11.8 Å². The molecule has 27 heavy (non-hydrogen) atoms. The monoisotopic (exact) mass is 361 g/mol. The van der Waals surface area contributed by atoms with Crippen LogP contribution in [-0.4, -0.2) is 24.6 Å². The van der Waals surface area contributed by atoms with Gasteiger partial charge in [-0.15, -0.1) is 0 Å². The number of nitrogens with one attached hydrogen (secondary N) is 2. The van der Waals surface area contributed by atoms with Gasteiger partial charge in [0, 0.05) is 11.3 Å². The molecular weight excluding hydrogens is 342 g/mol. The van der Waals surface area contributed by atoms with Crippen LogP contribution in [0.25, 0.3) is 10.8 Å². The summed E-state index contributed by atoms with van der Waals surface area (Å²) in [5.41, 5.74) is 3.59. The highest BCUT2D eigenvalue weighted by molar-refractivity contribution is 6.39. The van der Waals surface area contributed by atoms with Crippen LogP contribution in [0.1, 0.15) is 12.5 Å². The first-order valence-electron chi connectivity index (χ1n) is 8.52. The molecule has 136 valence electrons. The summed E-state index contributed by atoms with van der Waals surface area (Å²) in [7, 11) is 0. The molecule has 0 aliphatic carbocycles. The minimum atomic E-state index is -0.847. The van der Waals surface area contributed by atoms with Crippen molar-refractivity contribution in [3.8, 4) is 5.75 Å². The fraction of sp³-hybridized carbons (Fsp3) is 0.0952. The summed E-state index contributed by atoms with van der Waals surface area (Å²) in [4.78, 5) is 23.9. The van der Waals surface area contributed by atoms with E-state index in [1.807, 2.05) is 49.4 Å². The molecule has 2 amide bonds. The molecule has 6 heteroatoms. The number of carbonyl (C=O) groups excluding carboxylic acids is 2. The molecule has 0 unspecified atom stereocenters. The third-order valence-electron chi connectivity index (χ3n) is 3.82. The number of fused-ring (bicyclic) bond motifs is 1. The SMILES string of the molecule is CCOc1ccc(NC(=O)C(=O)N/N=C\c2cccc3ccccc23)cc1. The summed E-state index contributed by atoms with van der Waals surface area (Å²) in [5, 5.41) is 8.48. The van der Waals surface area contributed by atoms with Gasteiger partial charge in [-0.1, -0.05) is 42.5 Å². The van der Waals surface area contributed by atoms with Gasteiger partial charge in [0.1, 0.15) is 5.75 Å². The Hall–Kier alpha value is -3.67. The van der Waals surface area contributed by atoms with Gasteiger partial charge in [0.25, 0.3) is 0 Å². The number of ether oxygens (including phenoxy) is 1. The van der Waals surface area contributed by atoms with Crippen LogP contribution in [0.2, 0.25) is 0 Å². The van der Waals surface area contributed by atoms with Crippen molar-refractivity contribution in [2.75, 3.05) is 11.9 Å². The van der Waals surface area contributed by atoms with Gasteiger partial charge in [0.2, 0.25) is 0 Å². The van der Waals surface area contributed by atoms with E-state index in [9.17, 15) is 9.59 Å². The van der Waals surface area contributed by atoms with Gasteiger partial charge in [-0.05, 0) is 42.0 Å². The Morgan fingerprint density at radius 2 is 1.70 bits per heavy atom. The smallest absolute Gasteiger partial charge is 0.329 e. The Kier molecular flexibility index (Phi) is 5.79. The Morgan fingerprint density at radius 3 is 2.48 bits per heavy atom. The highest BCUT2D eigenvalue weighted by atomic mass is 16.5. The van der Waals surface area contributed by atoms with Crippen molar-refractivity contribution < 1.29 is 14.3 Å². The van der Waals surface area contributed by atoms with Crippen LogP contribution in [0.4, 0.5) is 5.69 Å². The van der Waals surface area contributed by atoms with E-state index in [1.165, 1.54) is 6.21 Å². The second kappa shape index (κ2) is 8.62. The standard InChI is InChI=1S/C21H19N3O3/c1-2-27-18-12-10-17(11-13-18)23-20(25)21(26)24-22-14-16-8-5-7-15-6-3-4-9-19(15)16/h3-14H,2H2,1H3,(H,23,25)(H,24,26)/b22-14-. The molecule has 0 bridgehead atoms. The van der Waals surface area contributed by atoms with Crippen molar-refractivity contribution in [1.82, 2.24) is 5.43 Å². The quantitative estimate of drug-likeness (QED) is 0.416. The van der Waals surface area contributed by atoms with E-state index in [0.29, 0.717) is 18.0 Å². The van der Waals surface area contributed by atoms with E-state index in [-0.39, 0.29) is 0 Å². The van der Waals surface area contributed by atoms with Crippen LogP contribution in [0.15, 0.2) is 71.8 Å². The van der Waals surface area contributed by atoms with Crippen molar-refractivity contribution in [2.24, 2.45) is 5.10 Å². The summed E-state index contributed by atoms with van der Waals surface area (Å²) in [6.45, 7) is 2.45. The average molecular weight is 361 g/mol. The Balaban J connectivity index is 1.59. The molecule has 0 spiro atoms. The molecule has 2 N–H and O–H groups in total. The lowest BCUT2D eigenvalue weighted by atomic mass is 10.1. The molecular formula is C21H19N3O3. The summed E-state index contributed by atoms with van der Waals surface area (Å²) >= 11 is 0. The maximum Gasteiger partial charge on any atom is 0.329 e. The minimum Gasteiger partial charge on any atom is -0.494 e. The molecule has 0 radical (unpaired) electrons. The van der Waals surface area contributed by atoms with Gasteiger partial charge in [0.05, 0.1) is 12.8 Å². The molecule has 6 nitrogen and oxygen atoms in total. The fourth-order valence-corrected chi connectivity index (χ4v) is 2.56. The fourth-order valence-electron chi connectivity index (χ4n) is 2.56. The molecule has 0 saturated carbocycles. The van der Waals surface area contributed by atoms with Gasteiger partial charge < -0.3 is 10.1 Å². The molecule has 0 heterocycles. The molecule has 0 fully saturated rings. The number of hydrogen-bond donors (Lipinski definition) is 2. The van der Waals surface area contributed by atoms with Crippen molar-refractivity contribution in [2.45, 2.75) is 6.92 Å². The van der Waals surface area contributed by atoms with Crippen molar-refractivity contribution in [3.05, 3.63) is 72.3 Å². The molecule has 0 aliphatic heterocycles. The number of carbonyl (C=O) groups is 2. The number of amides is 2. The normalized spacial score (nSPS) is 10.7. The molecule has 3 aromatic rings. The van der Waals surface area contributed by atoms with Gasteiger partial charge in [-0.3, -0.25) is 9.59 Å². The van der Waals surface area contributed by atoms with E-state index >= 15 is 0 Å². The van der Waals surface area contributed by atoms with Crippen LogP contribution in [-0.2, 0) is 9.59 Å². The topological polar surface area (TPSA) is 79.8 Å². The van der Waals surface area contributed by atoms with Crippen LogP contribution in [0.3, 0.4) is 0 Å². The van der Waals surface area contributed by atoms with E-state index in [0.717, 1.165) is 16.3 Å². The first kappa shape index (κ1) is 18.1. The number of hydrogen-bond acceptors (Lipinski definition) is 4. The Labute approximate surface area is 156 Å². The number of rotatable bonds is 5. The number of nitrogens with zero attached hydrogens (tertiary/aromatic N) is 1.